The van der Waals surface area contributed by atoms with E-state index < -0.39 is 5.97 Å². The first-order chi connectivity index (χ1) is 8.10. The maximum atomic E-state index is 11.6. The fourth-order valence-corrected chi connectivity index (χ4v) is 1.54. The predicted octanol–water partition coefficient (Wildman–Crippen LogP) is 0.278. The highest BCUT2D eigenvalue weighted by Crippen LogP contribution is 2.18. The Kier molecular flexibility index (Phi) is 2.40. The van der Waals surface area contributed by atoms with Crippen LogP contribution in [0.25, 0.3) is 5.65 Å². The average molecular weight is 231 g/mol. The van der Waals surface area contributed by atoms with E-state index in [9.17, 15) is 4.79 Å². The van der Waals surface area contributed by atoms with Gasteiger partial charge in [-0.25, -0.2) is 9.78 Å². The summed E-state index contributed by atoms with van der Waals surface area (Å²) >= 11 is 0. The van der Waals surface area contributed by atoms with Crippen LogP contribution in [0.4, 0.5) is 5.82 Å². The topological polar surface area (TPSA) is 106 Å². The van der Waals surface area contributed by atoms with Crippen molar-refractivity contribution < 1.29 is 9.53 Å². The number of carbonyl (C=O) groups excluding carboxylic acids is 1. The molecule has 2 aromatic rings. The maximum Gasteiger partial charge on any atom is 0.343 e. The Balaban J connectivity index is 2.82. The third-order valence-electron chi connectivity index (χ3n) is 2.37. The predicted molar refractivity (Wildman–Crippen MR) is 58.2 cm³/mol. The highest BCUT2D eigenvalue weighted by molar-refractivity contribution is 5.97. The lowest BCUT2D eigenvalue weighted by molar-refractivity contribution is 0.0602. The van der Waals surface area contributed by atoms with E-state index in [4.69, 9.17) is 11.0 Å². The first-order valence-corrected chi connectivity index (χ1v) is 4.72. The summed E-state index contributed by atoms with van der Waals surface area (Å²) in [5, 5.41) is 12.9. The molecule has 0 atom stereocenters. The molecule has 0 unspecified atom stereocenters. The molecule has 0 saturated carbocycles. The van der Waals surface area contributed by atoms with Crippen LogP contribution in [0.15, 0.2) is 6.20 Å². The summed E-state index contributed by atoms with van der Waals surface area (Å²) in [5.41, 5.74) is 6.93. The summed E-state index contributed by atoms with van der Waals surface area (Å²) in [6.45, 7) is 1.65. The Morgan fingerprint density at radius 1 is 1.65 bits per heavy atom. The van der Waals surface area contributed by atoms with Gasteiger partial charge in [0.1, 0.15) is 23.0 Å². The lowest BCUT2D eigenvalue weighted by Gasteiger charge is -2.00. The largest absolute Gasteiger partial charge is 0.465 e. The molecule has 2 rings (SSSR count). The van der Waals surface area contributed by atoms with Crippen LogP contribution < -0.4 is 5.73 Å². The highest BCUT2D eigenvalue weighted by atomic mass is 16.5. The number of fused-ring (bicyclic) bond motifs is 1. The average Bonchev–Trinajstić information content (AvgIpc) is 2.66. The fraction of sp³-hybridized carbons (Fsp3) is 0.200. The zero-order valence-electron chi connectivity index (χ0n) is 9.26. The minimum absolute atomic E-state index is 0.149. The van der Waals surface area contributed by atoms with Crippen LogP contribution >= 0.6 is 0 Å². The van der Waals surface area contributed by atoms with Crippen LogP contribution in [0.2, 0.25) is 0 Å². The van der Waals surface area contributed by atoms with Crippen molar-refractivity contribution in [3.8, 4) is 6.07 Å². The van der Waals surface area contributed by atoms with Crippen molar-refractivity contribution in [3.05, 3.63) is 23.0 Å². The molecule has 0 saturated heterocycles. The number of aryl methyl sites for hydroxylation is 1. The lowest BCUT2D eigenvalue weighted by atomic mass is 10.2. The number of nitrogens with zero attached hydrogens (tertiary/aromatic N) is 4. The molecular weight excluding hydrogens is 222 g/mol. The SMILES string of the molecule is COC(=O)c1c(C)nn2c(N)c(C#N)cnc12. The van der Waals surface area contributed by atoms with Gasteiger partial charge in [-0.2, -0.15) is 14.9 Å². The summed E-state index contributed by atoms with van der Waals surface area (Å²) in [4.78, 5) is 15.6. The normalized spacial score (nSPS) is 10.2. The number of nitriles is 1. The van der Waals surface area contributed by atoms with Gasteiger partial charge in [-0.3, -0.25) is 0 Å². The minimum atomic E-state index is -0.533. The standard InChI is InChI=1S/C10H9N5O2/c1-5-7(10(16)17-2)9-13-4-6(3-11)8(12)15(9)14-5/h4H,12H2,1-2H3. The van der Waals surface area contributed by atoms with Crippen LogP contribution in [0, 0.1) is 18.3 Å². The Labute approximate surface area is 96.4 Å². The van der Waals surface area contributed by atoms with Gasteiger partial charge in [0.25, 0.3) is 0 Å². The number of hydrogen-bond acceptors (Lipinski definition) is 6. The number of esters is 1. The number of hydrogen-bond donors (Lipinski definition) is 1. The van der Waals surface area contributed by atoms with Crippen LogP contribution in [-0.2, 0) is 4.74 Å². The molecule has 2 aromatic heterocycles. The molecule has 2 N–H and O–H groups in total. The fourth-order valence-electron chi connectivity index (χ4n) is 1.54. The molecule has 0 amide bonds. The van der Waals surface area contributed by atoms with Gasteiger partial charge >= 0.3 is 5.97 Å². The molecule has 0 aliphatic carbocycles. The molecule has 0 spiro atoms. The van der Waals surface area contributed by atoms with Crippen LogP contribution in [0.5, 0.6) is 0 Å². The minimum Gasteiger partial charge on any atom is -0.465 e. The Bertz CT molecular complexity index is 653. The third-order valence-corrected chi connectivity index (χ3v) is 2.37. The van der Waals surface area contributed by atoms with Gasteiger partial charge in [0.05, 0.1) is 19.0 Å². The second kappa shape index (κ2) is 3.75. The Morgan fingerprint density at radius 2 is 2.35 bits per heavy atom. The molecule has 0 aliphatic heterocycles. The molecule has 0 radical (unpaired) electrons. The van der Waals surface area contributed by atoms with Gasteiger partial charge in [0.15, 0.2) is 5.65 Å². The second-order valence-corrected chi connectivity index (χ2v) is 3.36. The third kappa shape index (κ3) is 1.47. The number of carbonyl (C=O) groups is 1. The molecule has 17 heavy (non-hydrogen) atoms. The summed E-state index contributed by atoms with van der Waals surface area (Å²) < 4.78 is 5.91. The molecule has 7 nitrogen and oxygen atoms in total. The summed E-state index contributed by atoms with van der Waals surface area (Å²) in [7, 11) is 1.28. The van der Waals surface area contributed by atoms with Crippen molar-refractivity contribution in [2.24, 2.45) is 0 Å². The van der Waals surface area contributed by atoms with Crippen LogP contribution in [0.1, 0.15) is 21.6 Å². The monoisotopic (exact) mass is 231 g/mol. The van der Waals surface area contributed by atoms with Gasteiger partial charge < -0.3 is 10.5 Å². The number of aromatic nitrogens is 3. The van der Waals surface area contributed by atoms with Crippen molar-refractivity contribution in [2.45, 2.75) is 6.92 Å². The van der Waals surface area contributed by atoms with E-state index in [1.54, 1.807) is 6.92 Å². The highest BCUT2D eigenvalue weighted by Gasteiger charge is 2.20. The first kappa shape index (κ1) is 10.9. The summed E-state index contributed by atoms with van der Waals surface area (Å²) in [6.07, 6.45) is 1.30. The van der Waals surface area contributed by atoms with Gasteiger partial charge in [0.2, 0.25) is 0 Å². The van der Waals surface area contributed by atoms with E-state index >= 15 is 0 Å². The number of ether oxygens (including phenoxy) is 1. The number of nitrogens with two attached hydrogens (primary N) is 1. The number of rotatable bonds is 1. The van der Waals surface area contributed by atoms with E-state index in [-0.39, 0.29) is 22.6 Å². The van der Waals surface area contributed by atoms with Crippen molar-refractivity contribution in [1.29, 1.82) is 5.26 Å². The summed E-state index contributed by atoms with van der Waals surface area (Å²) in [5.74, 6) is -0.384. The van der Waals surface area contributed by atoms with Crippen LogP contribution in [0.3, 0.4) is 0 Å². The van der Waals surface area contributed by atoms with E-state index in [0.717, 1.165) is 0 Å². The van der Waals surface area contributed by atoms with E-state index in [0.29, 0.717) is 5.69 Å². The van der Waals surface area contributed by atoms with Crippen molar-refractivity contribution in [1.82, 2.24) is 14.6 Å². The summed E-state index contributed by atoms with van der Waals surface area (Å²) in [6, 6.07) is 1.89. The van der Waals surface area contributed by atoms with Crippen molar-refractivity contribution in [2.75, 3.05) is 12.8 Å². The van der Waals surface area contributed by atoms with E-state index in [1.165, 1.54) is 17.8 Å². The zero-order valence-corrected chi connectivity index (χ0v) is 9.26. The van der Waals surface area contributed by atoms with Gasteiger partial charge in [-0.15, -0.1) is 0 Å². The quantitative estimate of drug-likeness (QED) is 0.706. The zero-order chi connectivity index (χ0) is 12.6. The molecule has 0 fully saturated rings. The molecular formula is C10H9N5O2. The smallest absolute Gasteiger partial charge is 0.343 e. The van der Waals surface area contributed by atoms with E-state index in [1.807, 2.05) is 6.07 Å². The number of anilines is 1. The van der Waals surface area contributed by atoms with Crippen molar-refractivity contribution in [3.63, 3.8) is 0 Å². The van der Waals surface area contributed by atoms with Gasteiger partial charge in [-0.1, -0.05) is 0 Å². The first-order valence-electron chi connectivity index (χ1n) is 4.72. The molecule has 2 heterocycles. The lowest BCUT2D eigenvalue weighted by Crippen LogP contribution is -2.06. The Hall–Kier alpha value is -2.62. The molecule has 0 aromatic carbocycles. The Morgan fingerprint density at radius 3 is 2.94 bits per heavy atom. The van der Waals surface area contributed by atoms with E-state index in [2.05, 4.69) is 14.8 Å². The molecule has 86 valence electrons. The number of methoxy groups -OCH3 is 1. The number of nitrogen functional groups attached to an aromatic ring is 1. The molecule has 0 bridgehead atoms. The molecule has 7 heteroatoms. The van der Waals surface area contributed by atoms with Gasteiger partial charge in [-0.05, 0) is 6.92 Å². The van der Waals surface area contributed by atoms with Crippen LogP contribution in [-0.4, -0.2) is 27.7 Å². The van der Waals surface area contributed by atoms with Crippen molar-refractivity contribution >= 4 is 17.4 Å². The second-order valence-electron chi connectivity index (χ2n) is 3.36. The maximum absolute atomic E-state index is 11.6. The van der Waals surface area contributed by atoms with Gasteiger partial charge in [0, 0.05) is 0 Å². The molecule has 0 aliphatic rings.